The zero-order valence-corrected chi connectivity index (χ0v) is 12.5. The summed E-state index contributed by atoms with van der Waals surface area (Å²) in [5.74, 6) is 2.62. The summed E-state index contributed by atoms with van der Waals surface area (Å²) in [6, 6.07) is 9.00. The number of ether oxygens (including phenoxy) is 1. The average Bonchev–Trinajstić information content (AvgIpc) is 2.42. The number of benzene rings is 1. The first-order valence-electron chi connectivity index (χ1n) is 7.57. The van der Waals surface area contributed by atoms with E-state index in [4.69, 9.17) is 4.74 Å². The Morgan fingerprint density at radius 1 is 1.16 bits per heavy atom. The largest absolute Gasteiger partial charge is 0.496 e. The highest BCUT2D eigenvalue weighted by atomic mass is 16.5. The van der Waals surface area contributed by atoms with Crippen LogP contribution in [0.5, 0.6) is 5.75 Å². The van der Waals surface area contributed by atoms with Crippen molar-refractivity contribution < 1.29 is 4.74 Å². The quantitative estimate of drug-likeness (QED) is 0.873. The molecule has 0 bridgehead atoms. The number of hydrogen-bond acceptors (Lipinski definition) is 2. The SMILES string of the molecule is COc1ccccc1CCNC1C(C)CCCC1C. The van der Waals surface area contributed by atoms with Gasteiger partial charge in [0.25, 0.3) is 0 Å². The van der Waals surface area contributed by atoms with Gasteiger partial charge < -0.3 is 10.1 Å². The molecule has 2 atom stereocenters. The smallest absolute Gasteiger partial charge is 0.122 e. The summed E-state index contributed by atoms with van der Waals surface area (Å²) < 4.78 is 5.40. The number of nitrogens with one attached hydrogen (secondary N) is 1. The Balaban J connectivity index is 1.85. The van der Waals surface area contributed by atoms with Crippen LogP contribution in [0.3, 0.4) is 0 Å². The van der Waals surface area contributed by atoms with Crippen molar-refractivity contribution in [1.29, 1.82) is 0 Å². The minimum atomic E-state index is 0.684. The highest BCUT2D eigenvalue weighted by molar-refractivity contribution is 5.33. The van der Waals surface area contributed by atoms with E-state index in [-0.39, 0.29) is 0 Å². The van der Waals surface area contributed by atoms with E-state index in [2.05, 4.69) is 31.3 Å². The molecule has 2 heteroatoms. The number of para-hydroxylation sites is 1. The average molecular weight is 261 g/mol. The normalized spacial score (nSPS) is 27.2. The zero-order valence-electron chi connectivity index (χ0n) is 12.5. The van der Waals surface area contributed by atoms with Crippen molar-refractivity contribution in [1.82, 2.24) is 5.32 Å². The van der Waals surface area contributed by atoms with E-state index in [0.717, 1.165) is 30.6 Å². The lowest BCUT2D eigenvalue weighted by Crippen LogP contribution is -2.43. The van der Waals surface area contributed by atoms with E-state index in [1.807, 2.05) is 12.1 Å². The molecule has 0 saturated heterocycles. The standard InChI is InChI=1S/C17H27NO/c1-13-7-6-8-14(2)17(13)18-12-11-15-9-4-5-10-16(15)19-3/h4-5,9-10,13-14,17-18H,6-8,11-12H2,1-3H3. The van der Waals surface area contributed by atoms with Gasteiger partial charge in [-0.1, -0.05) is 38.5 Å². The Kier molecular flexibility index (Phi) is 5.26. The Morgan fingerprint density at radius 2 is 1.84 bits per heavy atom. The van der Waals surface area contributed by atoms with Gasteiger partial charge in [0.1, 0.15) is 5.75 Å². The fourth-order valence-electron chi connectivity index (χ4n) is 3.37. The molecule has 1 aromatic carbocycles. The molecule has 2 nitrogen and oxygen atoms in total. The second-order valence-corrected chi connectivity index (χ2v) is 5.93. The van der Waals surface area contributed by atoms with E-state index < -0.39 is 0 Å². The lowest BCUT2D eigenvalue weighted by molar-refractivity contribution is 0.210. The summed E-state index contributed by atoms with van der Waals surface area (Å²) in [7, 11) is 1.75. The van der Waals surface area contributed by atoms with Gasteiger partial charge in [-0.05, 0) is 49.3 Å². The van der Waals surface area contributed by atoms with Gasteiger partial charge in [0, 0.05) is 6.04 Å². The van der Waals surface area contributed by atoms with Crippen LogP contribution in [-0.2, 0) is 6.42 Å². The van der Waals surface area contributed by atoms with Crippen molar-refractivity contribution in [2.75, 3.05) is 13.7 Å². The van der Waals surface area contributed by atoms with Crippen molar-refractivity contribution in [2.45, 2.75) is 45.6 Å². The van der Waals surface area contributed by atoms with Gasteiger partial charge in [-0.2, -0.15) is 0 Å². The van der Waals surface area contributed by atoms with Crippen LogP contribution in [0.25, 0.3) is 0 Å². The number of methoxy groups -OCH3 is 1. The lowest BCUT2D eigenvalue weighted by Gasteiger charge is -2.35. The highest BCUT2D eigenvalue weighted by Gasteiger charge is 2.26. The van der Waals surface area contributed by atoms with Gasteiger partial charge in [-0.15, -0.1) is 0 Å². The molecule has 19 heavy (non-hydrogen) atoms. The van der Waals surface area contributed by atoms with E-state index in [1.54, 1.807) is 7.11 Å². The Hall–Kier alpha value is -1.02. The van der Waals surface area contributed by atoms with Crippen LogP contribution in [0, 0.1) is 11.8 Å². The molecule has 0 spiro atoms. The van der Waals surface area contributed by atoms with Crippen LogP contribution in [0.15, 0.2) is 24.3 Å². The Labute approximate surface area is 117 Å². The minimum Gasteiger partial charge on any atom is -0.496 e. The summed E-state index contributed by atoms with van der Waals surface area (Å²) in [5, 5.41) is 3.77. The Bertz CT molecular complexity index is 381. The predicted octanol–water partition coefficient (Wildman–Crippen LogP) is 3.65. The molecule has 1 saturated carbocycles. The minimum absolute atomic E-state index is 0.684. The maximum Gasteiger partial charge on any atom is 0.122 e. The van der Waals surface area contributed by atoms with Crippen molar-refractivity contribution >= 4 is 0 Å². The van der Waals surface area contributed by atoms with Gasteiger partial charge in [-0.3, -0.25) is 0 Å². The summed E-state index contributed by atoms with van der Waals surface area (Å²) in [6.45, 7) is 5.81. The van der Waals surface area contributed by atoms with Crippen molar-refractivity contribution in [3.8, 4) is 5.75 Å². The van der Waals surface area contributed by atoms with Gasteiger partial charge >= 0.3 is 0 Å². The first-order chi connectivity index (χ1) is 9.22. The monoisotopic (exact) mass is 261 g/mol. The molecule has 1 fully saturated rings. The summed E-state index contributed by atoms with van der Waals surface area (Å²) in [5.41, 5.74) is 1.30. The van der Waals surface area contributed by atoms with Crippen molar-refractivity contribution in [3.05, 3.63) is 29.8 Å². The van der Waals surface area contributed by atoms with Gasteiger partial charge in [0.05, 0.1) is 7.11 Å². The molecular weight excluding hydrogens is 234 g/mol. The topological polar surface area (TPSA) is 21.3 Å². The zero-order chi connectivity index (χ0) is 13.7. The molecule has 0 aliphatic heterocycles. The first-order valence-corrected chi connectivity index (χ1v) is 7.57. The van der Waals surface area contributed by atoms with Crippen LogP contribution in [0.2, 0.25) is 0 Å². The maximum atomic E-state index is 5.40. The fourth-order valence-corrected chi connectivity index (χ4v) is 3.37. The van der Waals surface area contributed by atoms with Crippen LogP contribution >= 0.6 is 0 Å². The molecule has 2 rings (SSSR count). The van der Waals surface area contributed by atoms with Gasteiger partial charge in [0.15, 0.2) is 0 Å². The fraction of sp³-hybridized carbons (Fsp3) is 0.647. The lowest BCUT2D eigenvalue weighted by atomic mass is 9.78. The molecule has 0 amide bonds. The van der Waals surface area contributed by atoms with Crippen LogP contribution in [-0.4, -0.2) is 19.7 Å². The molecule has 106 valence electrons. The van der Waals surface area contributed by atoms with Gasteiger partial charge in [-0.25, -0.2) is 0 Å². The third kappa shape index (κ3) is 3.73. The Morgan fingerprint density at radius 3 is 2.53 bits per heavy atom. The molecular formula is C17H27NO. The van der Waals surface area contributed by atoms with E-state index in [9.17, 15) is 0 Å². The molecule has 1 aliphatic carbocycles. The van der Waals surface area contributed by atoms with Crippen molar-refractivity contribution in [2.24, 2.45) is 11.8 Å². The van der Waals surface area contributed by atoms with Crippen molar-refractivity contribution in [3.63, 3.8) is 0 Å². The second kappa shape index (κ2) is 6.95. The molecule has 0 aromatic heterocycles. The molecule has 1 aliphatic rings. The van der Waals surface area contributed by atoms with Crippen LogP contribution < -0.4 is 10.1 Å². The molecule has 0 radical (unpaired) electrons. The first kappa shape index (κ1) is 14.4. The third-order valence-electron chi connectivity index (χ3n) is 4.51. The van der Waals surface area contributed by atoms with Crippen LogP contribution in [0.4, 0.5) is 0 Å². The van der Waals surface area contributed by atoms with E-state index >= 15 is 0 Å². The number of hydrogen-bond donors (Lipinski definition) is 1. The predicted molar refractivity (Wildman–Crippen MR) is 80.7 cm³/mol. The number of rotatable bonds is 5. The molecule has 1 N–H and O–H groups in total. The molecule has 0 heterocycles. The maximum absolute atomic E-state index is 5.40. The third-order valence-corrected chi connectivity index (χ3v) is 4.51. The van der Waals surface area contributed by atoms with E-state index in [1.165, 1.54) is 24.8 Å². The van der Waals surface area contributed by atoms with Crippen LogP contribution in [0.1, 0.15) is 38.7 Å². The molecule has 2 unspecified atom stereocenters. The highest BCUT2D eigenvalue weighted by Crippen LogP contribution is 2.28. The summed E-state index contributed by atoms with van der Waals surface area (Å²) in [6.07, 6.45) is 5.18. The molecule has 1 aromatic rings. The summed E-state index contributed by atoms with van der Waals surface area (Å²) >= 11 is 0. The summed E-state index contributed by atoms with van der Waals surface area (Å²) in [4.78, 5) is 0. The second-order valence-electron chi connectivity index (χ2n) is 5.93. The van der Waals surface area contributed by atoms with E-state index in [0.29, 0.717) is 6.04 Å². The van der Waals surface area contributed by atoms with Gasteiger partial charge in [0.2, 0.25) is 0 Å².